The maximum atomic E-state index is 11.9. The zero-order valence-electron chi connectivity index (χ0n) is 14.8. The first kappa shape index (κ1) is 21.6. The minimum absolute atomic E-state index is 0.256. The molecule has 8 nitrogen and oxygen atoms in total. The van der Waals surface area contributed by atoms with Gasteiger partial charge in [0.1, 0.15) is 11.6 Å². The predicted octanol–water partition coefficient (Wildman–Crippen LogP) is 3.14. The van der Waals surface area contributed by atoms with E-state index >= 15 is 0 Å². The summed E-state index contributed by atoms with van der Waals surface area (Å²) in [7, 11) is 1.50. The normalized spacial score (nSPS) is 13.6. The monoisotopic (exact) mass is 372 g/mol. The van der Waals surface area contributed by atoms with Gasteiger partial charge in [-0.25, -0.2) is 0 Å². The molecule has 26 heavy (non-hydrogen) atoms. The molecule has 5 N–H and O–H groups in total. The van der Waals surface area contributed by atoms with Crippen molar-refractivity contribution in [3.05, 3.63) is 28.8 Å². The molecule has 0 unspecified atom stereocenters. The van der Waals surface area contributed by atoms with Crippen LogP contribution in [0.4, 0.5) is 20.4 Å². The van der Waals surface area contributed by atoms with Gasteiger partial charge in [-0.3, -0.25) is 14.9 Å². The number of H-pyrrole nitrogens is 2. The first-order chi connectivity index (χ1) is 12.6. The number of aromatic amines is 2. The number of aromatic nitrogens is 4. The molecule has 2 aromatic rings. The van der Waals surface area contributed by atoms with Crippen LogP contribution in [0.25, 0.3) is 0 Å². The Balaban J connectivity index is 0.000000313. The van der Waals surface area contributed by atoms with Crippen LogP contribution >= 0.6 is 0 Å². The van der Waals surface area contributed by atoms with Gasteiger partial charge in [0.2, 0.25) is 5.88 Å². The standard InChI is InChI=1S/C8H7F2N5O2.C7H14.CH5N/c9-8(10)17-7-1-4(14-15-7)12-5-2-11-3-6(16)13-5;1-2-4-6-7-5-3-1;1-2/h1-3,8H,(H3,12,13,14,15,16);1-7H2;2H2,1H3. The highest BCUT2D eigenvalue weighted by Gasteiger charge is 2.08. The quantitative estimate of drug-likeness (QED) is 0.612. The minimum Gasteiger partial charge on any atom is -0.415 e. The van der Waals surface area contributed by atoms with Crippen LogP contribution in [0.2, 0.25) is 0 Å². The molecule has 10 heteroatoms. The van der Waals surface area contributed by atoms with Gasteiger partial charge in [0.15, 0.2) is 0 Å². The van der Waals surface area contributed by atoms with Crippen LogP contribution in [0.1, 0.15) is 44.9 Å². The Kier molecular flexibility index (Phi) is 10.6. The lowest BCUT2D eigenvalue weighted by atomic mass is 10.2. The Bertz CT molecular complexity index is 642. The van der Waals surface area contributed by atoms with Crippen LogP contribution in [-0.2, 0) is 0 Å². The van der Waals surface area contributed by atoms with E-state index in [-0.39, 0.29) is 11.7 Å². The third kappa shape index (κ3) is 9.11. The number of nitrogens with two attached hydrogens (primary N) is 1. The maximum Gasteiger partial charge on any atom is 0.388 e. The summed E-state index contributed by atoms with van der Waals surface area (Å²) in [6, 6.07) is 1.22. The van der Waals surface area contributed by atoms with E-state index in [1.165, 1.54) is 64.3 Å². The number of nitrogens with one attached hydrogen (secondary N) is 3. The van der Waals surface area contributed by atoms with E-state index in [1.54, 1.807) is 0 Å². The zero-order valence-corrected chi connectivity index (χ0v) is 14.8. The molecule has 0 aliphatic heterocycles. The van der Waals surface area contributed by atoms with Gasteiger partial charge in [-0.15, -0.1) is 5.10 Å². The van der Waals surface area contributed by atoms with Gasteiger partial charge in [0.25, 0.3) is 5.56 Å². The van der Waals surface area contributed by atoms with Crippen LogP contribution < -0.4 is 21.3 Å². The van der Waals surface area contributed by atoms with Gasteiger partial charge in [-0.05, 0) is 7.05 Å². The second-order valence-corrected chi connectivity index (χ2v) is 5.41. The lowest BCUT2D eigenvalue weighted by Gasteiger charge is -2.00. The highest BCUT2D eigenvalue weighted by Crippen LogP contribution is 2.17. The van der Waals surface area contributed by atoms with Gasteiger partial charge >= 0.3 is 6.61 Å². The average Bonchev–Trinajstić information content (AvgIpc) is 2.87. The topological polar surface area (TPSA) is 122 Å². The molecule has 2 aromatic heterocycles. The number of hydrogen-bond acceptors (Lipinski definition) is 6. The van der Waals surface area contributed by atoms with Gasteiger partial charge < -0.3 is 20.8 Å². The molecule has 0 saturated heterocycles. The summed E-state index contributed by atoms with van der Waals surface area (Å²) in [5, 5.41) is 8.56. The number of halogens is 2. The molecule has 2 heterocycles. The molecule has 1 fully saturated rings. The summed E-state index contributed by atoms with van der Waals surface area (Å²) >= 11 is 0. The Hall–Kier alpha value is -2.49. The number of ether oxygens (including phenoxy) is 1. The predicted molar refractivity (Wildman–Crippen MR) is 95.8 cm³/mol. The fourth-order valence-electron chi connectivity index (χ4n) is 2.34. The largest absolute Gasteiger partial charge is 0.415 e. The van der Waals surface area contributed by atoms with Gasteiger partial charge in [0.05, 0.1) is 12.4 Å². The molecule has 146 valence electrons. The highest BCUT2D eigenvalue weighted by atomic mass is 19.3. The lowest BCUT2D eigenvalue weighted by Crippen LogP contribution is -2.07. The van der Waals surface area contributed by atoms with Gasteiger partial charge in [-0.1, -0.05) is 44.9 Å². The number of nitrogens with zero attached hydrogens (tertiary/aromatic N) is 2. The summed E-state index contributed by atoms with van der Waals surface area (Å²) in [6.45, 7) is -2.94. The Morgan fingerprint density at radius 3 is 2.15 bits per heavy atom. The second kappa shape index (κ2) is 12.8. The molecule has 0 atom stereocenters. The first-order valence-electron chi connectivity index (χ1n) is 8.53. The molecular weight excluding hydrogens is 346 g/mol. The third-order valence-corrected chi connectivity index (χ3v) is 3.44. The van der Waals surface area contributed by atoms with E-state index in [9.17, 15) is 13.6 Å². The molecule has 0 spiro atoms. The Morgan fingerprint density at radius 1 is 1.08 bits per heavy atom. The van der Waals surface area contributed by atoms with Crippen molar-refractivity contribution in [3.8, 4) is 5.88 Å². The van der Waals surface area contributed by atoms with Crippen molar-refractivity contribution in [2.45, 2.75) is 51.6 Å². The minimum atomic E-state index is -2.94. The van der Waals surface area contributed by atoms with E-state index in [0.29, 0.717) is 5.82 Å². The molecule has 1 aliphatic rings. The van der Waals surface area contributed by atoms with Crippen molar-refractivity contribution >= 4 is 11.6 Å². The molecule has 0 amide bonds. The van der Waals surface area contributed by atoms with E-state index in [0.717, 1.165) is 6.20 Å². The molecule has 3 rings (SSSR count). The second-order valence-electron chi connectivity index (χ2n) is 5.41. The van der Waals surface area contributed by atoms with Crippen molar-refractivity contribution in [2.75, 3.05) is 12.4 Å². The van der Waals surface area contributed by atoms with Crippen LogP contribution in [0.3, 0.4) is 0 Å². The summed E-state index contributed by atoms with van der Waals surface area (Å²) in [6.07, 6.45) is 13.0. The van der Waals surface area contributed by atoms with Crippen LogP contribution in [0, 0.1) is 0 Å². The van der Waals surface area contributed by atoms with E-state index < -0.39 is 12.2 Å². The third-order valence-electron chi connectivity index (χ3n) is 3.44. The summed E-state index contributed by atoms with van der Waals surface area (Å²) in [5.41, 5.74) is 4.11. The molecule has 1 saturated carbocycles. The first-order valence-corrected chi connectivity index (χ1v) is 8.53. The van der Waals surface area contributed by atoms with Crippen molar-refractivity contribution in [2.24, 2.45) is 5.73 Å². The fraction of sp³-hybridized carbons (Fsp3) is 0.562. The smallest absolute Gasteiger partial charge is 0.388 e. The van der Waals surface area contributed by atoms with Crippen molar-refractivity contribution in [1.29, 1.82) is 0 Å². The SMILES string of the molecule is C1CCCCCC1.CN.O=c1cncc(Nc2cc(OC(F)F)n[nH]2)[nH]1. The van der Waals surface area contributed by atoms with Crippen molar-refractivity contribution < 1.29 is 13.5 Å². The molecule has 1 aliphatic carbocycles. The zero-order chi connectivity index (χ0) is 19.2. The Morgan fingerprint density at radius 2 is 1.65 bits per heavy atom. The summed E-state index contributed by atoms with van der Waals surface area (Å²) in [4.78, 5) is 17.0. The maximum absolute atomic E-state index is 11.9. The number of anilines is 2. The summed E-state index contributed by atoms with van der Waals surface area (Å²) in [5.74, 6) is 0.322. The molecule has 0 aromatic carbocycles. The molecule has 0 radical (unpaired) electrons. The van der Waals surface area contributed by atoms with E-state index in [4.69, 9.17) is 0 Å². The van der Waals surface area contributed by atoms with Crippen LogP contribution in [-0.4, -0.2) is 33.8 Å². The van der Waals surface area contributed by atoms with Crippen LogP contribution in [0.5, 0.6) is 5.88 Å². The number of rotatable bonds is 4. The van der Waals surface area contributed by atoms with E-state index in [1.807, 2.05) is 0 Å². The average molecular weight is 372 g/mol. The van der Waals surface area contributed by atoms with Crippen molar-refractivity contribution in [1.82, 2.24) is 20.2 Å². The van der Waals surface area contributed by atoms with E-state index in [2.05, 4.69) is 36.0 Å². The molecule has 0 bridgehead atoms. The van der Waals surface area contributed by atoms with Gasteiger partial charge in [0, 0.05) is 6.07 Å². The number of hydrogen-bond donors (Lipinski definition) is 4. The molecular formula is C16H26F2N6O2. The van der Waals surface area contributed by atoms with Crippen molar-refractivity contribution in [3.63, 3.8) is 0 Å². The Labute approximate surface area is 150 Å². The number of alkyl halides is 2. The fourth-order valence-corrected chi connectivity index (χ4v) is 2.34. The highest BCUT2D eigenvalue weighted by molar-refractivity contribution is 5.51. The van der Waals surface area contributed by atoms with Crippen LogP contribution in [0.15, 0.2) is 23.3 Å². The lowest BCUT2D eigenvalue weighted by molar-refractivity contribution is -0.0528. The summed E-state index contributed by atoms with van der Waals surface area (Å²) < 4.78 is 27.8. The van der Waals surface area contributed by atoms with Gasteiger partial charge in [-0.2, -0.15) is 8.78 Å².